The first-order valence-electron chi connectivity index (χ1n) is 9.04. The zero-order valence-electron chi connectivity index (χ0n) is 16.1. The summed E-state index contributed by atoms with van der Waals surface area (Å²) in [6.07, 6.45) is -1.17. The largest absolute Gasteiger partial charge is 0.478 e. The van der Waals surface area contributed by atoms with Crippen molar-refractivity contribution in [3.63, 3.8) is 0 Å². The summed E-state index contributed by atoms with van der Waals surface area (Å²) in [5.41, 5.74) is -1.27. The van der Waals surface area contributed by atoms with Crippen LogP contribution in [0, 0.1) is 0 Å². The maximum atomic E-state index is 13.2. The lowest BCUT2D eigenvalue weighted by Crippen LogP contribution is -2.42. The number of nitrogens with zero attached hydrogens (tertiary/aromatic N) is 4. The third-order valence-corrected chi connectivity index (χ3v) is 4.97. The molecule has 3 rings (SSSR count). The summed E-state index contributed by atoms with van der Waals surface area (Å²) in [6.45, 7) is 5.14. The molecule has 10 heteroatoms. The van der Waals surface area contributed by atoms with E-state index in [-0.39, 0.29) is 18.0 Å². The molecular weight excluding hydrogens is 389 g/mol. The van der Waals surface area contributed by atoms with Gasteiger partial charge < -0.3 is 14.6 Å². The molecule has 0 amide bonds. The minimum absolute atomic E-state index is 0.00362. The van der Waals surface area contributed by atoms with Crippen LogP contribution in [0.5, 0.6) is 0 Å². The first kappa shape index (κ1) is 20.8. The molecule has 1 unspecified atom stereocenters. The van der Waals surface area contributed by atoms with Crippen LogP contribution in [-0.2, 0) is 12.1 Å². The second-order valence-electron chi connectivity index (χ2n) is 7.26. The molecule has 1 atom stereocenters. The fourth-order valence-corrected chi connectivity index (χ4v) is 3.40. The van der Waals surface area contributed by atoms with E-state index in [0.29, 0.717) is 11.1 Å². The van der Waals surface area contributed by atoms with Gasteiger partial charge in [0.25, 0.3) is 0 Å². The molecule has 0 aromatic carbocycles. The lowest BCUT2D eigenvalue weighted by molar-refractivity contribution is -0.269. The molecule has 3 aromatic rings. The number of alkyl halides is 3. The Morgan fingerprint density at radius 1 is 1.21 bits per heavy atom. The Hall–Kier alpha value is -2.88. The van der Waals surface area contributed by atoms with E-state index >= 15 is 0 Å². The van der Waals surface area contributed by atoms with Gasteiger partial charge in [-0.05, 0) is 29.5 Å². The number of carboxylic acid groups (broad SMARTS) is 1. The Bertz CT molecular complexity index is 1050. The Labute approximate surface area is 164 Å². The molecule has 156 valence electrons. The van der Waals surface area contributed by atoms with E-state index in [4.69, 9.17) is 0 Å². The molecule has 0 aliphatic heterocycles. The van der Waals surface area contributed by atoms with Crippen molar-refractivity contribution < 1.29 is 28.2 Å². The van der Waals surface area contributed by atoms with Crippen molar-refractivity contribution in [3.05, 3.63) is 53.1 Å². The van der Waals surface area contributed by atoms with Crippen LogP contribution in [0.4, 0.5) is 13.2 Å². The smallest absolute Gasteiger partial charge is 0.423 e. The number of halogens is 3. The number of hydrogen-bond donors (Lipinski definition) is 2. The van der Waals surface area contributed by atoms with Gasteiger partial charge in [-0.25, -0.2) is 9.48 Å². The molecular formula is C19H21F3N4O3. The first-order chi connectivity index (χ1) is 13.5. The molecule has 0 saturated carbocycles. The van der Waals surface area contributed by atoms with Gasteiger partial charge in [-0.2, -0.15) is 13.2 Å². The summed E-state index contributed by atoms with van der Waals surface area (Å²) < 4.78 is 42.5. The number of hydrogen-bond acceptors (Lipinski definition) is 4. The maximum Gasteiger partial charge on any atom is 0.423 e. The molecule has 3 heterocycles. The molecule has 0 aliphatic carbocycles. The van der Waals surface area contributed by atoms with Crippen molar-refractivity contribution in [2.75, 3.05) is 0 Å². The normalized spacial score (nSPS) is 14.5. The highest BCUT2D eigenvalue weighted by Gasteiger charge is 2.55. The van der Waals surface area contributed by atoms with E-state index in [2.05, 4.69) is 10.3 Å². The minimum Gasteiger partial charge on any atom is -0.478 e. The number of rotatable bonds is 6. The first-order valence-corrected chi connectivity index (χ1v) is 9.04. The van der Waals surface area contributed by atoms with Gasteiger partial charge >= 0.3 is 12.1 Å². The average Bonchev–Trinajstić information content (AvgIpc) is 3.24. The van der Waals surface area contributed by atoms with E-state index in [9.17, 15) is 28.2 Å². The molecule has 0 saturated heterocycles. The Kier molecular flexibility index (Phi) is 5.16. The number of pyridine rings is 1. The number of fused-ring (bicyclic) bond motifs is 1. The predicted octanol–water partition coefficient (Wildman–Crippen LogP) is 3.56. The fourth-order valence-electron chi connectivity index (χ4n) is 3.40. The quantitative estimate of drug-likeness (QED) is 0.648. The van der Waals surface area contributed by atoms with Crippen LogP contribution in [0.1, 0.15) is 60.3 Å². The summed E-state index contributed by atoms with van der Waals surface area (Å²) >= 11 is 0. The Morgan fingerprint density at radius 2 is 1.90 bits per heavy atom. The van der Waals surface area contributed by atoms with E-state index in [1.807, 2.05) is 13.8 Å². The topological polar surface area (TPSA) is 92.7 Å². The standard InChI is InChI=1S/C19H21F3N4O3/c1-4-18(29,19(20,21)22)15-10-26(24-23-15)8-12-5-6-14-16(11(2)3)13(17(27)28)9-25(14)7-12/h5-7,9-11,29H,4,8H2,1-3H3,(H,27,28). The zero-order chi connectivity index (χ0) is 21.6. The van der Waals surface area contributed by atoms with Crippen LogP contribution >= 0.6 is 0 Å². The van der Waals surface area contributed by atoms with Gasteiger partial charge in [-0.1, -0.05) is 32.1 Å². The van der Waals surface area contributed by atoms with Crippen molar-refractivity contribution in [2.24, 2.45) is 0 Å². The second-order valence-corrected chi connectivity index (χ2v) is 7.26. The predicted molar refractivity (Wildman–Crippen MR) is 97.8 cm³/mol. The molecule has 0 fully saturated rings. The molecule has 2 N–H and O–H groups in total. The van der Waals surface area contributed by atoms with Gasteiger partial charge in [0.15, 0.2) is 0 Å². The summed E-state index contributed by atoms with van der Waals surface area (Å²) in [6, 6.07) is 3.52. The van der Waals surface area contributed by atoms with Crippen LogP contribution in [0.25, 0.3) is 5.52 Å². The molecule has 7 nitrogen and oxygen atoms in total. The zero-order valence-corrected chi connectivity index (χ0v) is 16.1. The highest BCUT2D eigenvalue weighted by Crippen LogP contribution is 2.40. The van der Waals surface area contributed by atoms with Crippen LogP contribution in [0.3, 0.4) is 0 Å². The van der Waals surface area contributed by atoms with Gasteiger partial charge in [0, 0.05) is 17.9 Å². The number of carbonyl (C=O) groups is 1. The van der Waals surface area contributed by atoms with Crippen LogP contribution < -0.4 is 0 Å². The summed E-state index contributed by atoms with van der Waals surface area (Å²) in [5.74, 6) is -1.02. The SMILES string of the molecule is CCC(O)(c1cn(Cc2ccc3c(C(C)C)c(C(=O)O)cn3c2)nn1)C(F)(F)F. The van der Waals surface area contributed by atoms with Crippen molar-refractivity contribution in [1.82, 2.24) is 19.4 Å². The molecule has 0 aliphatic rings. The van der Waals surface area contributed by atoms with Crippen molar-refractivity contribution in [3.8, 4) is 0 Å². The highest BCUT2D eigenvalue weighted by atomic mass is 19.4. The van der Waals surface area contributed by atoms with Crippen LogP contribution in [-0.4, -0.2) is 41.8 Å². The minimum atomic E-state index is -4.87. The van der Waals surface area contributed by atoms with Gasteiger partial charge in [-0.15, -0.1) is 5.10 Å². The molecule has 3 aromatic heterocycles. The van der Waals surface area contributed by atoms with Gasteiger partial charge in [0.2, 0.25) is 5.60 Å². The van der Waals surface area contributed by atoms with Crippen LogP contribution in [0.15, 0.2) is 30.7 Å². The van der Waals surface area contributed by atoms with Gasteiger partial charge in [0.1, 0.15) is 5.69 Å². The number of aromatic carboxylic acids is 1. The van der Waals surface area contributed by atoms with E-state index in [0.717, 1.165) is 11.7 Å². The Morgan fingerprint density at radius 3 is 2.45 bits per heavy atom. The summed E-state index contributed by atoms with van der Waals surface area (Å²) in [7, 11) is 0. The lowest BCUT2D eigenvalue weighted by atomic mass is 9.96. The van der Waals surface area contributed by atoms with E-state index in [1.165, 1.54) is 17.8 Å². The summed E-state index contributed by atoms with van der Waals surface area (Å²) in [5, 5.41) is 26.6. The number of aromatic nitrogens is 4. The molecule has 0 bridgehead atoms. The third-order valence-electron chi connectivity index (χ3n) is 4.97. The summed E-state index contributed by atoms with van der Waals surface area (Å²) in [4.78, 5) is 11.5. The highest BCUT2D eigenvalue weighted by molar-refractivity contribution is 5.92. The molecule has 0 radical (unpaired) electrons. The number of aliphatic hydroxyl groups is 1. The maximum absolute atomic E-state index is 13.2. The fraction of sp³-hybridized carbons (Fsp3) is 0.421. The van der Waals surface area contributed by atoms with Crippen molar-refractivity contribution in [2.45, 2.75) is 51.4 Å². The Balaban J connectivity index is 1.94. The molecule has 0 spiro atoms. The average molecular weight is 410 g/mol. The molecule has 29 heavy (non-hydrogen) atoms. The third kappa shape index (κ3) is 3.59. The monoisotopic (exact) mass is 410 g/mol. The van der Waals surface area contributed by atoms with Crippen molar-refractivity contribution in [1.29, 1.82) is 0 Å². The van der Waals surface area contributed by atoms with Crippen molar-refractivity contribution >= 4 is 11.5 Å². The van der Waals surface area contributed by atoms with Crippen LogP contribution in [0.2, 0.25) is 0 Å². The van der Waals surface area contributed by atoms with Gasteiger partial charge in [0.05, 0.1) is 18.3 Å². The van der Waals surface area contributed by atoms with E-state index in [1.54, 1.807) is 22.7 Å². The van der Waals surface area contributed by atoms with Gasteiger partial charge in [-0.3, -0.25) is 0 Å². The lowest BCUT2D eigenvalue weighted by Gasteiger charge is -2.26. The van der Waals surface area contributed by atoms with E-state index < -0.39 is 29.9 Å². The number of carboxylic acids is 1. The second kappa shape index (κ2) is 7.18.